The Labute approximate surface area is 111 Å². The minimum Gasteiger partial charge on any atom is -0.377 e. The SMILES string of the molecule is NCCOC1CCN(C(=O)c2cc[nH]c(=O)c2)CC1. The third-order valence-corrected chi connectivity index (χ3v) is 3.22. The Hall–Kier alpha value is -1.66. The van der Waals surface area contributed by atoms with Gasteiger partial charge in [0.25, 0.3) is 5.91 Å². The molecule has 0 radical (unpaired) electrons. The van der Waals surface area contributed by atoms with Gasteiger partial charge in [0.1, 0.15) is 0 Å². The molecule has 1 aliphatic rings. The summed E-state index contributed by atoms with van der Waals surface area (Å²) in [7, 11) is 0. The zero-order valence-corrected chi connectivity index (χ0v) is 10.8. The van der Waals surface area contributed by atoms with Crippen LogP contribution in [0.5, 0.6) is 0 Å². The molecule has 0 aromatic carbocycles. The van der Waals surface area contributed by atoms with Gasteiger partial charge in [0.2, 0.25) is 5.56 Å². The van der Waals surface area contributed by atoms with E-state index < -0.39 is 0 Å². The second-order valence-corrected chi connectivity index (χ2v) is 4.59. The Balaban J connectivity index is 1.91. The number of hydrogen-bond donors (Lipinski definition) is 2. The van der Waals surface area contributed by atoms with Crippen LogP contribution < -0.4 is 11.3 Å². The predicted octanol–water partition coefficient (Wildman–Crippen LogP) is -0.0452. The summed E-state index contributed by atoms with van der Waals surface area (Å²) >= 11 is 0. The van der Waals surface area contributed by atoms with E-state index in [9.17, 15) is 9.59 Å². The average Bonchev–Trinajstić information content (AvgIpc) is 2.45. The number of H-pyrrole nitrogens is 1. The average molecular weight is 265 g/mol. The molecule has 104 valence electrons. The maximum absolute atomic E-state index is 12.2. The zero-order chi connectivity index (χ0) is 13.7. The van der Waals surface area contributed by atoms with Crippen LogP contribution in [-0.2, 0) is 4.74 Å². The highest BCUT2D eigenvalue weighted by atomic mass is 16.5. The van der Waals surface area contributed by atoms with E-state index in [0.717, 1.165) is 12.8 Å². The Morgan fingerprint density at radius 2 is 2.21 bits per heavy atom. The summed E-state index contributed by atoms with van der Waals surface area (Å²) < 4.78 is 5.57. The molecule has 0 atom stereocenters. The van der Waals surface area contributed by atoms with Gasteiger partial charge in [0.15, 0.2) is 0 Å². The normalized spacial score (nSPS) is 16.6. The molecular weight excluding hydrogens is 246 g/mol. The quantitative estimate of drug-likeness (QED) is 0.799. The standard InChI is InChI=1S/C13H19N3O3/c14-4-8-19-11-2-6-16(7-3-11)13(18)10-1-5-15-12(17)9-10/h1,5,9,11H,2-4,6-8,14H2,(H,15,17). The van der Waals surface area contributed by atoms with Gasteiger partial charge in [-0.2, -0.15) is 0 Å². The summed E-state index contributed by atoms with van der Waals surface area (Å²) in [6.45, 7) is 2.39. The van der Waals surface area contributed by atoms with Gasteiger partial charge in [0, 0.05) is 37.5 Å². The monoisotopic (exact) mass is 265 g/mol. The topological polar surface area (TPSA) is 88.4 Å². The molecule has 19 heavy (non-hydrogen) atoms. The first-order valence-electron chi connectivity index (χ1n) is 6.50. The number of ether oxygens (including phenoxy) is 1. The van der Waals surface area contributed by atoms with Gasteiger partial charge in [-0.1, -0.05) is 0 Å². The van der Waals surface area contributed by atoms with Gasteiger partial charge < -0.3 is 20.4 Å². The van der Waals surface area contributed by atoms with Crippen molar-refractivity contribution in [3.8, 4) is 0 Å². The van der Waals surface area contributed by atoms with Crippen molar-refractivity contribution in [2.75, 3.05) is 26.2 Å². The fraction of sp³-hybridized carbons (Fsp3) is 0.538. The lowest BCUT2D eigenvalue weighted by molar-refractivity contribution is 0.0121. The highest BCUT2D eigenvalue weighted by Gasteiger charge is 2.23. The van der Waals surface area contributed by atoms with Crippen molar-refractivity contribution in [2.45, 2.75) is 18.9 Å². The van der Waals surface area contributed by atoms with Crippen molar-refractivity contribution < 1.29 is 9.53 Å². The molecule has 0 bridgehead atoms. The summed E-state index contributed by atoms with van der Waals surface area (Å²) in [5, 5.41) is 0. The van der Waals surface area contributed by atoms with Crippen LogP contribution in [0.25, 0.3) is 0 Å². The summed E-state index contributed by atoms with van der Waals surface area (Å²) in [4.78, 5) is 27.6. The van der Waals surface area contributed by atoms with Gasteiger partial charge >= 0.3 is 0 Å². The smallest absolute Gasteiger partial charge is 0.254 e. The number of nitrogens with one attached hydrogen (secondary N) is 1. The van der Waals surface area contributed by atoms with Crippen LogP contribution in [0.4, 0.5) is 0 Å². The Morgan fingerprint density at radius 3 is 2.84 bits per heavy atom. The van der Waals surface area contributed by atoms with Crippen molar-refractivity contribution in [1.29, 1.82) is 0 Å². The fourth-order valence-corrected chi connectivity index (χ4v) is 2.22. The Bertz CT molecular complexity index is 478. The summed E-state index contributed by atoms with van der Waals surface area (Å²) in [6.07, 6.45) is 3.31. The zero-order valence-electron chi connectivity index (χ0n) is 10.8. The van der Waals surface area contributed by atoms with E-state index in [1.165, 1.54) is 12.3 Å². The Morgan fingerprint density at radius 1 is 1.47 bits per heavy atom. The van der Waals surface area contributed by atoms with E-state index in [4.69, 9.17) is 10.5 Å². The highest BCUT2D eigenvalue weighted by Crippen LogP contribution is 2.15. The molecule has 3 N–H and O–H groups in total. The molecule has 6 nitrogen and oxygen atoms in total. The number of hydrogen-bond acceptors (Lipinski definition) is 4. The fourth-order valence-electron chi connectivity index (χ4n) is 2.22. The number of carbonyl (C=O) groups excluding carboxylic acids is 1. The van der Waals surface area contributed by atoms with Crippen molar-refractivity contribution in [2.24, 2.45) is 5.73 Å². The van der Waals surface area contributed by atoms with E-state index in [-0.39, 0.29) is 17.6 Å². The van der Waals surface area contributed by atoms with Crippen LogP contribution in [0.1, 0.15) is 23.2 Å². The van der Waals surface area contributed by atoms with Gasteiger partial charge in [0.05, 0.1) is 12.7 Å². The van der Waals surface area contributed by atoms with Crippen LogP contribution in [0.3, 0.4) is 0 Å². The number of amides is 1. The molecule has 1 aliphatic heterocycles. The molecule has 1 aromatic rings. The predicted molar refractivity (Wildman–Crippen MR) is 71.0 cm³/mol. The number of aromatic nitrogens is 1. The molecular formula is C13H19N3O3. The number of carbonyl (C=O) groups is 1. The lowest BCUT2D eigenvalue weighted by Crippen LogP contribution is -2.41. The van der Waals surface area contributed by atoms with Crippen molar-refractivity contribution >= 4 is 5.91 Å². The number of rotatable bonds is 4. The second kappa shape index (κ2) is 6.49. The molecule has 0 unspecified atom stereocenters. The van der Waals surface area contributed by atoms with E-state index in [1.807, 2.05) is 0 Å². The Kier molecular flexibility index (Phi) is 4.70. The maximum Gasteiger partial charge on any atom is 0.254 e. The summed E-state index contributed by atoms with van der Waals surface area (Å²) in [5.74, 6) is -0.0941. The van der Waals surface area contributed by atoms with E-state index in [1.54, 1.807) is 11.0 Å². The molecule has 0 saturated carbocycles. The van der Waals surface area contributed by atoms with Crippen LogP contribution in [0.2, 0.25) is 0 Å². The van der Waals surface area contributed by atoms with E-state index in [2.05, 4.69) is 4.98 Å². The molecule has 0 aliphatic carbocycles. The largest absolute Gasteiger partial charge is 0.377 e. The lowest BCUT2D eigenvalue weighted by atomic mass is 10.1. The summed E-state index contributed by atoms with van der Waals surface area (Å²) in [6, 6.07) is 2.96. The number of piperidine rings is 1. The second-order valence-electron chi connectivity index (χ2n) is 4.59. The van der Waals surface area contributed by atoms with Crippen LogP contribution >= 0.6 is 0 Å². The third kappa shape index (κ3) is 3.65. The minimum atomic E-state index is -0.257. The summed E-state index contributed by atoms with van der Waals surface area (Å²) in [5.41, 5.74) is 5.57. The molecule has 0 spiro atoms. The first-order valence-corrected chi connectivity index (χ1v) is 6.50. The van der Waals surface area contributed by atoms with Crippen LogP contribution in [0, 0.1) is 0 Å². The minimum absolute atomic E-state index is 0.0941. The first kappa shape index (κ1) is 13.8. The maximum atomic E-state index is 12.2. The van der Waals surface area contributed by atoms with Gasteiger partial charge in [-0.05, 0) is 18.9 Å². The van der Waals surface area contributed by atoms with Crippen molar-refractivity contribution in [3.05, 3.63) is 34.2 Å². The number of likely N-dealkylation sites (tertiary alicyclic amines) is 1. The van der Waals surface area contributed by atoms with E-state index >= 15 is 0 Å². The van der Waals surface area contributed by atoms with Gasteiger partial charge in [-0.15, -0.1) is 0 Å². The first-order chi connectivity index (χ1) is 9.20. The number of nitrogens with two attached hydrogens (primary N) is 1. The molecule has 6 heteroatoms. The van der Waals surface area contributed by atoms with E-state index in [0.29, 0.717) is 31.8 Å². The molecule has 1 aromatic heterocycles. The van der Waals surface area contributed by atoms with Crippen LogP contribution in [-0.4, -0.2) is 48.1 Å². The third-order valence-electron chi connectivity index (χ3n) is 3.22. The highest BCUT2D eigenvalue weighted by molar-refractivity contribution is 5.94. The number of nitrogens with zero attached hydrogens (tertiary/aromatic N) is 1. The van der Waals surface area contributed by atoms with Crippen LogP contribution in [0.15, 0.2) is 23.1 Å². The lowest BCUT2D eigenvalue weighted by Gasteiger charge is -2.31. The molecule has 1 amide bonds. The number of pyridine rings is 1. The van der Waals surface area contributed by atoms with Crippen molar-refractivity contribution in [1.82, 2.24) is 9.88 Å². The van der Waals surface area contributed by atoms with Gasteiger partial charge in [-0.25, -0.2) is 0 Å². The molecule has 2 rings (SSSR count). The van der Waals surface area contributed by atoms with Crippen molar-refractivity contribution in [3.63, 3.8) is 0 Å². The molecule has 2 heterocycles. The molecule has 1 fully saturated rings. The molecule has 1 saturated heterocycles. The van der Waals surface area contributed by atoms with Gasteiger partial charge in [-0.3, -0.25) is 9.59 Å². The number of aromatic amines is 1.